The zero-order chi connectivity index (χ0) is 20.6. The Morgan fingerprint density at radius 3 is 2.71 bits per heavy atom. The van der Waals surface area contributed by atoms with Gasteiger partial charge >= 0.3 is 0 Å². The monoisotopic (exact) mass is 456 g/mol. The van der Waals surface area contributed by atoms with E-state index in [-0.39, 0.29) is 34.1 Å². The van der Waals surface area contributed by atoms with Crippen LogP contribution < -0.4 is 10.9 Å². The first-order chi connectivity index (χ1) is 13.2. The van der Waals surface area contributed by atoms with Gasteiger partial charge in [-0.05, 0) is 39.3 Å². The largest absolute Gasteiger partial charge is 0.309 e. The normalized spacial score (nSPS) is 11.4. The Morgan fingerprint density at radius 2 is 2.07 bits per heavy atom. The molecule has 0 fully saturated rings. The highest BCUT2D eigenvalue weighted by molar-refractivity contribution is 7.99. The molecule has 3 rings (SSSR count). The molecule has 0 aromatic carbocycles. The summed E-state index contributed by atoms with van der Waals surface area (Å²) >= 11 is 14.5. The van der Waals surface area contributed by atoms with Crippen LogP contribution in [0.4, 0.5) is 5.82 Å². The molecule has 0 aliphatic carbocycles. The molecule has 3 aromatic rings. The quantitative estimate of drug-likeness (QED) is 0.427. The van der Waals surface area contributed by atoms with Gasteiger partial charge in [-0.1, -0.05) is 35.0 Å². The third kappa shape index (κ3) is 4.20. The third-order valence-corrected chi connectivity index (χ3v) is 6.67. The lowest BCUT2D eigenvalue weighted by atomic mass is 10.2. The smallest absolute Gasteiger partial charge is 0.263 e. The summed E-state index contributed by atoms with van der Waals surface area (Å²) in [5.41, 5.74) is 0.886. The number of rotatable bonds is 5. The van der Waals surface area contributed by atoms with Gasteiger partial charge in [0.1, 0.15) is 4.83 Å². The molecule has 0 bridgehead atoms. The Bertz CT molecular complexity index is 1120. The zero-order valence-corrected chi connectivity index (χ0v) is 18.8. The van der Waals surface area contributed by atoms with Gasteiger partial charge in [-0.3, -0.25) is 14.2 Å². The maximum atomic E-state index is 13.0. The number of hydrogen-bond donors (Lipinski definition) is 1. The Labute approximate surface area is 180 Å². The number of halogens is 2. The molecule has 0 aliphatic heterocycles. The van der Waals surface area contributed by atoms with Crippen molar-refractivity contribution in [2.75, 3.05) is 11.1 Å². The number of carbonyl (C=O) groups is 1. The third-order valence-electron chi connectivity index (χ3n) is 4.12. The van der Waals surface area contributed by atoms with E-state index in [1.54, 1.807) is 4.57 Å². The predicted octanol–water partition coefficient (Wildman–Crippen LogP) is 5.09. The summed E-state index contributed by atoms with van der Waals surface area (Å²) in [5, 5.41) is 4.46. The summed E-state index contributed by atoms with van der Waals surface area (Å²) in [5.74, 6) is 0.00464. The molecule has 3 aromatic heterocycles. The molecule has 0 saturated heterocycles. The Balaban J connectivity index is 1.86. The molecule has 0 saturated carbocycles. The topological polar surface area (TPSA) is 76.9 Å². The van der Waals surface area contributed by atoms with E-state index in [4.69, 9.17) is 23.2 Å². The lowest BCUT2D eigenvalue weighted by Crippen LogP contribution is -2.25. The van der Waals surface area contributed by atoms with Gasteiger partial charge in [0.25, 0.3) is 5.56 Å². The Morgan fingerprint density at radius 1 is 1.36 bits per heavy atom. The molecule has 148 valence electrons. The number of thioether (sulfide) groups is 1. The van der Waals surface area contributed by atoms with Crippen molar-refractivity contribution in [2.45, 2.75) is 38.9 Å². The average molecular weight is 457 g/mol. The van der Waals surface area contributed by atoms with Gasteiger partial charge < -0.3 is 5.32 Å². The number of carbonyl (C=O) groups excluding carboxylic acids is 1. The van der Waals surface area contributed by atoms with Crippen LogP contribution >= 0.6 is 46.3 Å². The average Bonchev–Trinajstić information content (AvgIpc) is 2.89. The SMILES string of the molecule is Cc1sc2nc(SCC(=O)Nc3ncc(Cl)cc3Cl)n(C(C)C)c(=O)c2c1C. The number of hydrogen-bond acceptors (Lipinski definition) is 6. The molecule has 0 aliphatic rings. The fourth-order valence-electron chi connectivity index (χ4n) is 2.65. The van der Waals surface area contributed by atoms with Crippen molar-refractivity contribution in [3.8, 4) is 0 Å². The minimum Gasteiger partial charge on any atom is -0.309 e. The number of nitrogens with zero attached hydrogens (tertiary/aromatic N) is 3. The van der Waals surface area contributed by atoms with E-state index >= 15 is 0 Å². The van der Waals surface area contributed by atoms with Gasteiger partial charge in [0.15, 0.2) is 11.0 Å². The van der Waals surface area contributed by atoms with Crippen molar-refractivity contribution in [3.63, 3.8) is 0 Å². The summed E-state index contributed by atoms with van der Waals surface area (Å²) in [4.78, 5) is 35.8. The first-order valence-corrected chi connectivity index (χ1v) is 11.0. The molecule has 1 N–H and O–H groups in total. The number of amides is 1. The molecule has 0 radical (unpaired) electrons. The van der Waals surface area contributed by atoms with Crippen LogP contribution in [0.3, 0.4) is 0 Å². The summed E-state index contributed by atoms with van der Waals surface area (Å²) in [6.45, 7) is 7.75. The maximum Gasteiger partial charge on any atom is 0.263 e. The van der Waals surface area contributed by atoms with Crippen molar-refractivity contribution in [1.82, 2.24) is 14.5 Å². The van der Waals surface area contributed by atoms with Crippen LogP contribution in [0.5, 0.6) is 0 Å². The molecule has 3 heterocycles. The molecule has 0 atom stereocenters. The molecular formula is C18H18Cl2N4O2S2. The molecule has 0 unspecified atom stereocenters. The summed E-state index contributed by atoms with van der Waals surface area (Å²) in [6, 6.07) is 1.42. The van der Waals surface area contributed by atoms with Crippen LogP contribution in [0.1, 0.15) is 30.3 Å². The van der Waals surface area contributed by atoms with Crippen LogP contribution in [-0.2, 0) is 4.79 Å². The number of aryl methyl sites for hydroxylation is 2. The molecular weight excluding hydrogens is 439 g/mol. The van der Waals surface area contributed by atoms with Gasteiger partial charge in [-0.2, -0.15) is 0 Å². The Hall–Kier alpha value is -1.61. The molecule has 0 spiro atoms. The summed E-state index contributed by atoms with van der Waals surface area (Å²) < 4.78 is 1.63. The van der Waals surface area contributed by atoms with E-state index in [1.807, 2.05) is 27.7 Å². The van der Waals surface area contributed by atoms with E-state index in [0.717, 1.165) is 10.4 Å². The number of aromatic nitrogens is 3. The maximum absolute atomic E-state index is 13.0. The highest BCUT2D eigenvalue weighted by atomic mass is 35.5. The summed E-state index contributed by atoms with van der Waals surface area (Å²) in [7, 11) is 0. The van der Waals surface area contributed by atoms with Crippen LogP contribution in [-0.4, -0.2) is 26.2 Å². The number of fused-ring (bicyclic) bond motifs is 1. The minimum absolute atomic E-state index is 0.0641. The predicted molar refractivity (Wildman–Crippen MR) is 117 cm³/mol. The molecule has 28 heavy (non-hydrogen) atoms. The van der Waals surface area contributed by atoms with Crippen molar-refractivity contribution in [1.29, 1.82) is 0 Å². The van der Waals surface area contributed by atoms with Crippen LogP contribution in [0, 0.1) is 13.8 Å². The van der Waals surface area contributed by atoms with Gasteiger partial charge in [-0.25, -0.2) is 9.97 Å². The van der Waals surface area contributed by atoms with Crippen LogP contribution in [0.25, 0.3) is 10.2 Å². The number of thiophene rings is 1. The van der Waals surface area contributed by atoms with E-state index in [1.165, 1.54) is 35.4 Å². The van der Waals surface area contributed by atoms with Gasteiger partial charge in [0.05, 0.1) is 21.2 Å². The molecule has 6 nitrogen and oxygen atoms in total. The van der Waals surface area contributed by atoms with E-state index in [9.17, 15) is 9.59 Å². The van der Waals surface area contributed by atoms with Crippen LogP contribution in [0.15, 0.2) is 22.2 Å². The van der Waals surface area contributed by atoms with E-state index in [2.05, 4.69) is 15.3 Å². The first kappa shape index (κ1) is 21.1. The van der Waals surface area contributed by atoms with E-state index < -0.39 is 0 Å². The fraction of sp³-hybridized carbons (Fsp3) is 0.333. The lowest BCUT2D eigenvalue weighted by molar-refractivity contribution is -0.113. The van der Waals surface area contributed by atoms with Crippen molar-refractivity contribution in [3.05, 3.63) is 43.1 Å². The zero-order valence-electron chi connectivity index (χ0n) is 15.7. The van der Waals surface area contributed by atoms with Crippen molar-refractivity contribution >= 4 is 68.2 Å². The highest BCUT2D eigenvalue weighted by Crippen LogP contribution is 2.29. The second kappa shape index (κ2) is 8.41. The standard InChI is InChI=1S/C18H18Cl2N4O2S2/c1-8(2)24-17(26)14-9(3)10(4)28-16(14)23-18(24)27-7-13(25)22-15-12(20)5-11(19)6-21-15/h5-6,8H,7H2,1-4H3,(H,21,22,25). The molecule has 10 heteroatoms. The molecule has 1 amide bonds. The second-order valence-electron chi connectivity index (χ2n) is 6.45. The summed E-state index contributed by atoms with van der Waals surface area (Å²) in [6.07, 6.45) is 1.41. The minimum atomic E-state index is -0.301. The number of pyridine rings is 1. The van der Waals surface area contributed by atoms with Crippen molar-refractivity contribution in [2.24, 2.45) is 0 Å². The van der Waals surface area contributed by atoms with E-state index in [0.29, 0.717) is 20.4 Å². The van der Waals surface area contributed by atoms with Crippen LogP contribution in [0.2, 0.25) is 10.0 Å². The van der Waals surface area contributed by atoms with Gasteiger partial charge in [0.2, 0.25) is 5.91 Å². The lowest BCUT2D eigenvalue weighted by Gasteiger charge is -2.15. The number of anilines is 1. The first-order valence-electron chi connectivity index (χ1n) is 8.45. The number of nitrogens with one attached hydrogen (secondary N) is 1. The van der Waals surface area contributed by atoms with Gasteiger partial charge in [-0.15, -0.1) is 11.3 Å². The fourth-order valence-corrected chi connectivity index (χ4v) is 5.08. The van der Waals surface area contributed by atoms with Gasteiger partial charge in [0, 0.05) is 17.1 Å². The second-order valence-corrected chi connectivity index (χ2v) is 9.44. The highest BCUT2D eigenvalue weighted by Gasteiger charge is 2.19. The Kier molecular flexibility index (Phi) is 6.34. The van der Waals surface area contributed by atoms with Crippen molar-refractivity contribution < 1.29 is 4.79 Å².